The monoisotopic (exact) mass is 1970 g/mol. The zero-order valence-corrected chi connectivity index (χ0v) is 82.4. The Balaban J connectivity index is 0.000000157. The number of anilines is 5. The van der Waals surface area contributed by atoms with E-state index in [0.29, 0.717) is 74.2 Å². The van der Waals surface area contributed by atoms with Gasteiger partial charge in [-0.15, -0.1) is 0 Å². The summed E-state index contributed by atoms with van der Waals surface area (Å²) < 4.78 is 10.7. The largest absolute Gasteiger partial charge is 0.493 e. The Morgan fingerprint density at radius 3 is 1.59 bits per heavy atom. The fraction of sp³-hybridized carbons (Fsp3) is 0.159. The highest BCUT2D eigenvalue weighted by Crippen LogP contribution is 2.38. The molecule has 7 N–H and O–H groups in total. The second-order valence-corrected chi connectivity index (χ2v) is 32.5. The van der Waals surface area contributed by atoms with Gasteiger partial charge < -0.3 is 50.9 Å². The van der Waals surface area contributed by atoms with Crippen molar-refractivity contribution < 1.29 is 28.3 Å². The van der Waals surface area contributed by atoms with Crippen LogP contribution in [0.4, 0.5) is 51.2 Å². The van der Waals surface area contributed by atoms with Crippen LogP contribution < -0.4 is 41.5 Å². The van der Waals surface area contributed by atoms with Gasteiger partial charge in [0.1, 0.15) is 11.3 Å². The summed E-state index contributed by atoms with van der Waals surface area (Å²) >= 11 is 44.4. The lowest BCUT2D eigenvalue weighted by Gasteiger charge is -2.28. The Morgan fingerprint density at radius 1 is 0.452 bits per heavy atom. The molecule has 18 rings (SSSR count). The Morgan fingerprint density at radius 2 is 0.970 bits per heavy atom. The van der Waals surface area contributed by atoms with Crippen molar-refractivity contribution in [1.29, 1.82) is 0 Å². The Labute approximate surface area is 842 Å². The summed E-state index contributed by atoms with van der Waals surface area (Å²) in [6.45, 7) is 7.40. The number of nitrogens with zero attached hydrogens (tertiary/aromatic N) is 5. The number of piperidine rings is 1. The summed E-state index contributed by atoms with van der Waals surface area (Å²) in [5.41, 5.74) is 21.7. The van der Waals surface area contributed by atoms with E-state index in [1.165, 1.54) is 78.1 Å². The summed E-state index contributed by atoms with van der Waals surface area (Å²) in [4.78, 5) is 68.6. The number of aliphatic imine (C=N–C) groups is 4. The molecule has 0 bridgehead atoms. The number of Topliss-reactive ketones (excluding diaryl/α,β-unsaturated/α-hetero) is 1. The van der Waals surface area contributed by atoms with Crippen LogP contribution in [0, 0.1) is 0 Å². The highest BCUT2D eigenvalue weighted by atomic mass is 35.5. The molecule has 2 aromatic heterocycles. The van der Waals surface area contributed by atoms with Gasteiger partial charge in [0.15, 0.2) is 28.9 Å². The van der Waals surface area contributed by atoms with Crippen molar-refractivity contribution in [2.24, 2.45) is 20.0 Å². The van der Waals surface area contributed by atoms with Crippen LogP contribution >= 0.6 is 124 Å². The van der Waals surface area contributed by atoms with E-state index < -0.39 is 0 Å². The molecule has 13 aromatic carbocycles. The van der Waals surface area contributed by atoms with Crippen LogP contribution in [0.5, 0.6) is 5.75 Å². The zero-order valence-electron chi connectivity index (χ0n) is 73.9. The molecule has 2 aliphatic heterocycles. The van der Waals surface area contributed by atoms with E-state index in [-0.39, 0.29) is 23.1 Å². The molecule has 4 heterocycles. The van der Waals surface area contributed by atoms with Gasteiger partial charge in [0.25, 0.3) is 0 Å². The average molecular weight is 1980 g/mol. The number of furan rings is 1. The number of carbonyl (C=O) groups excluding carboxylic acids is 4. The van der Waals surface area contributed by atoms with E-state index in [0.717, 1.165) is 112 Å². The molecule has 1 fully saturated rings. The summed E-state index contributed by atoms with van der Waals surface area (Å²) in [7, 11) is 0. The third kappa shape index (κ3) is 34.6. The smallest absolute Gasteiger partial charge is 0.194 e. The molecule has 0 saturated carbocycles. The minimum absolute atomic E-state index is 0.00322. The molecule has 1 aliphatic carbocycles. The maximum Gasteiger partial charge on any atom is 0.194 e. The Kier molecular flexibility index (Phi) is 45.6. The summed E-state index contributed by atoms with van der Waals surface area (Å²) in [6.07, 6.45) is 8.22. The number of carbonyl (C=O) groups is 4. The molecule has 0 amide bonds. The van der Waals surface area contributed by atoms with Gasteiger partial charge in [-0.2, -0.15) is 83.1 Å². The number of para-hydroxylation sites is 2. The average Bonchev–Trinajstić information content (AvgIpc) is 1.61. The van der Waals surface area contributed by atoms with Gasteiger partial charge in [-0.3, -0.25) is 19.2 Å². The number of nitrogens with one attached hydrogen (secondary N) is 7. The van der Waals surface area contributed by atoms with E-state index >= 15 is 0 Å². The van der Waals surface area contributed by atoms with Gasteiger partial charge >= 0.3 is 0 Å². The number of thiol groups is 5. The first kappa shape index (κ1) is 105. The first-order valence-electron chi connectivity index (χ1n) is 43.1. The number of isothiocyanates is 4. The fourth-order valence-electron chi connectivity index (χ4n) is 14.0. The highest BCUT2D eigenvalue weighted by Gasteiger charge is 2.26. The second-order valence-electron chi connectivity index (χ2n) is 29.7. The summed E-state index contributed by atoms with van der Waals surface area (Å²) in [5, 5.41) is 31.2. The standard InChI is InChI=1S/C14H11NOS.2C14H9NOS.C13H10N2S.C12H18N2S.C11H14N2S.C11H7NO2S.C10H13NOS.C8H10ClNS/c16-14-12-4-2-1-3-10(12)11-6-5-9(15-8-17)7-13(11)14;16-14(11-5-2-1-3-6-11)12-7-4-8-13(9-12)15-10-17;16-14(11-4-2-1-3-5-11)12-6-8-13(9-7-12)15-10-17;16-10-14-11-6-8-13(9-7-11)15-12-4-2-1-3-5-12;15-10-13-11-4-6-12(7-5-11)14-8-2-1-3-9-14;14-8-12-6-5-9-7-13-11-4-2-1-3-10(9)11;1-7(13)11-5-8-4-9(12-6-15)2-3-10(8)14-11;13-7-11-6-8-1-2-10-9(5-8)3-4-12-10;9-8-3-1-2-7(4-8)5-10-6-11/h1-7,15,17H,8H2;2*1-9H;1-9,15H;4-7,13,15H,1-3,8-10H2;1-4,7,12-14H,5-6,8H2;2-5H,1H3;1-2,5,11,13H,3-4,6-7H2;1-4,10-11H,5-6H2. The number of aromatic amines is 1. The maximum absolute atomic E-state index is 12.2. The molecule has 0 unspecified atom stereocenters. The molecule has 0 radical (unpaired) electrons. The molecule has 15 aromatic rings. The van der Waals surface area contributed by atoms with Crippen LogP contribution in [-0.4, -0.2) is 104 Å². The van der Waals surface area contributed by atoms with Crippen molar-refractivity contribution in [2.45, 2.75) is 52.1 Å². The van der Waals surface area contributed by atoms with Gasteiger partial charge in [-0.25, -0.2) is 0 Å². The van der Waals surface area contributed by atoms with Crippen molar-refractivity contribution in [3.8, 4) is 16.9 Å². The second kappa shape index (κ2) is 58.8. The maximum atomic E-state index is 12.2. The lowest BCUT2D eigenvalue weighted by molar-refractivity contribution is 0.0986. The number of ether oxygens (including phenoxy) is 1. The van der Waals surface area contributed by atoms with E-state index in [1.54, 1.807) is 97.1 Å². The van der Waals surface area contributed by atoms with E-state index in [2.05, 4.69) is 267 Å². The summed E-state index contributed by atoms with van der Waals surface area (Å²) in [6, 6.07) is 102. The number of hydrogen-bond acceptors (Lipinski definition) is 26. The molecule has 0 spiro atoms. The van der Waals surface area contributed by atoms with Crippen molar-refractivity contribution in [2.75, 3.05) is 76.5 Å². The molecule has 135 heavy (non-hydrogen) atoms. The third-order valence-electron chi connectivity index (χ3n) is 20.5. The number of halogens is 1. The number of ketones is 4. The van der Waals surface area contributed by atoms with Crippen molar-refractivity contribution in [1.82, 2.24) is 20.9 Å². The minimum atomic E-state index is -0.0916. The number of benzene rings is 13. The fourth-order valence-corrected chi connectivity index (χ4v) is 15.4. The molecular formula is C107H101ClN12O6S9. The Bertz CT molecular complexity index is 6530. The topological polar surface area (TPSA) is 231 Å². The molecule has 18 nitrogen and oxygen atoms in total. The van der Waals surface area contributed by atoms with Gasteiger partial charge in [0.2, 0.25) is 0 Å². The van der Waals surface area contributed by atoms with Gasteiger partial charge in [-0.1, -0.05) is 175 Å². The first-order chi connectivity index (χ1) is 66.0. The van der Waals surface area contributed by atoms with Gasteiger partial charge in [0, 0.05) is 153 Å². The normalized spacial score (nSPS) is 11.2. The zero-order chi connectivity index (χ0) is 95.6. The molecule has 0 atom stereocenters. The van der Waals surface area contributed by atoms with Crippen LogP contribution in [0.15, 0.2) is 352 Å². The molecule has 28 heteroatoms. The van der Waals surface area contributed by atoms with E-state index in [1.807, 2.05) is 158 Å². The predicted octanol–water partition coefficient (Wildman–Crippen LogP) is 27.1. The summed E-state index contributed by atoms with van der Waals surface area (Å²) in [5.74, 6) is 4.79. The van der Waals surface area contributed by atoms with Gasteiger partial charge in [-0.05, 0) is 266 Å². The molecular weight excluding hydrogens is 1870 g/mol. The molecule has 686 valence electrons. The van der Waals surface area contributed by atoms with Crippen LogP contribution in [0.25, 0.3) is 33.0 Å². The number of hydrogen-bond donors (Lipinski definition) is 12. The van der Waals surface area contributed by atoms with Crippen LogP contribution in [-0.2, 0) is 25.9 Å². The number of rotatable bonds is 26. The number of thiocarbonyl (C=S) groups is 4. The molecule has 3 aliphatic rings. The van der Waals surface area contributed by atoms with Crippen LogP contribution in [0.3, 0.4) is 0 Å². The van der Waals surface area contributed by atoms with Crippen molar-refractivity contribution in [3.63, 3.8) is 0 Å². The SMILES string of the molecule is CC(=O)c1cc2cc(N=C=S)ccc2o1.O=C(c1ccccc1)c1ccc(N=C=S)cc1.O=C(c1ccccc1)c1cccc(N=C=S)c1.O=C1c2ccccc2-c2ccc(NCS)cc21.S=C=Nc1ccc(Nc2ccccc2)cc1.SCNCCc1c[nH]c2ccccc12.SCNCc1ccc2c(c1)CCO2.SCNCc1cccc(Cl)c1.SCNc1ccc(N2CCCCC2)cc1. The third-order valence-corrected chi connectivity index (χ3v) is 22.1. The quantitative estimate of drug-likeness (QED) is 0.00604. The van der Waals surface area contributed by atoms with Crippen molar-refractivity contribution in [3.05, 3.63) is 394 Å². The van der Waals surface area contributed by atoms with Gasteiger partial charge in [0.05, 0.1) is 61.8 Å². The first-order valence-corrected chi connectivity index (χ1v) is 48.2. The number of aromatic nitrogens is 1. The number of H-pyrrole nitrogens is 1. The van der Waals surface area contributed by atoms with Crippen LogP contribution in [0.2, 0.25) is 5.02 Å². The predicted molar refractivity (Wildman–Crippen MR) is 589 cm³/mol. The lowest BCUT2D eigenvalue weighted by atomic mass is 10.0. The number of fused-ring (bicyclic) bond motifs is 6. The van der Waals surface area contributed by atoms with E-state index in [4.69, 9.17) is 20.8 Å². The van der Waals surface area contributed by atoms with E-state index in [9.17, 15) is 19.2 Å². The lowest BCUT2D eigenvalue weighted by Crippen LogP contribution is -2.29. The van der Waals surface area contributed by atoms with Crippen LogP contribution in [0.1, 0.15) is 107 Å². The van der Waals surface area contributed by atoms with Crippen molar-refractivity contribution >= 4 is 240 Å². The molecule has 1 saturated heterocycles. The Hall–Kier alpha value is -12.3. The minimum Gasteiger partial charge on any atom is -0.493 e. The highest BCUT2D eigenvalue weighted by molar-refractivity contribution is 7.81.